The summed E-state index contributed by atoms with van der Waals surface area (Å²) in [6, 6.07) is 21.0. The summed E-state index contributed by atoms with van der Waals surface area (Å²) < 4.78 is 5.74. The maximum Gasteiger partial charge on any atom is 0.379 e. The van der Waals surface area contributed by atoms with Gasteiger partial charge in [0.2, 0.25) is 0 Å². The second kappa shape index (κ2) is 8.39. The molecule has 0 aliphatic heterocycles. The number of aromatic nitrogens is 1. The largest absolute Gasteiger partial charge is 0.616 e. The Hall–Kier alpha value is -3.74. The molecule has 130 valence electrons. The summed E-state index contributed by atoms with van der Waals surface area (Å²) in [6.45, 7) is -0.262. The minimum Gasteiger partial charge on any atom is -0.616 e. The summed E-state index contributed by atoms with van der Waals surface area (Å²) in [5.41, 5.74) is 2.03. The van der Waals surface area contributed by atoms with Crippen LogP contribution in [0, 0.1) is 5.21 Å². The average Bonchev–Trinajstić information content (AvgIpc) is 2.68. The second-order valence-corrected chi connectivity index (χ2v) is 5.28. The molecule has 1 N–H and O–H groups in total. The quantitative estimate of drug-likeness (QED) is 0.418. The molecule has 26 heavy (non-hydrogen) atoms. The molecule has 0 aliphatic rings. The van der Waals surface area contributed by atoms with E-state index >= 15 is 0 Å². The van der Waals surface area contributed by atoms with Crippen molar-refractivity contribution in [2.45, 2.75) is 0 Å². The van der Waals surface area contributed by atoms with E-state index in [4.69, 9.17) is 4.74 Å². The summed E-state index contributed by atoms with van der Waals surface area (Å²) in [5.74, 6) is -0.299. The van der Waals surface area contributed by atoms with Crippen molar-refractivity contribution in [1.29, 1.82) is 0 Å². The molecule has 3 rings (SSSR count). The highest BCUT2D eigenvalue weighted by Gasteiger charge is 2.08. The van der Waals surface area contributed by atoms with E-state index in [1.807, 2.05) is 30.3 Å². The Labute approximate surface area is 150 Å². The highest BCUT2D eigenvalue weighted by Crippen LogP contribution is 2.20. The highest BCUT2D eigenvalue weighted by molar-refractivity contribution is 5.91. The SMILES string of the molecule is O=C(COc1cccc[n+]1[O-])Nc1ccc(N=Nc2ccccc2)cc1. The molecular weight excluding hydrogens is 332 g/mol. The Morgan fingerprint density at radius 3 is 2.27 bits per heavy atom. The van der Waals surface area contributed by atoms with Crippen LogP contribution >= 0.6 is 0 Å². The number of carbonyl (C=O) groups is 1. The zero-order valence-corrected chi connectivity index (χ0v) is 13.8. The van der Waals surface area contributed by atoms with Crippen molar-refractivity contribution in [3.05, 3.63) is 84.2 Å². The number of azo groups is 1. The van der Waals surface area contributed by atoms with Gasteiger partial charge >= 0.3 is 5.88 Å². The van der Waals surface area contributed by atoms with Gasteiger partial charge in [-0.2, -0.15) is 10.2 Å². The number of anilines is 1. The fourth-order valence-electron chi connectivity index (χ4n) is 2.08. The maximum absolute atomic E-state index is 11.9. The number of rotatable bonds is 6. The second-order valence-electron chi connectivity index (χ2n) is 5.28. The first-order valence-electron chi connectivity index (χ1n) is 7.88. The first-order valence-corrected chi connectivity index (χ1v) is 7.88. The van der Waals surface area contributed by atoms with E-state index in [1.54, 1.807) is 36.4 Å². The van der Waals surface area contributed by atoms with Gasteiger partial charge in [-0.05, 0) is 42.5 Å². The van der Waals surface area contributed by atoms with Gasteiger partial charge in [-0.3, -0.25) is 4.79 Å². The fourth-order valence-corrected chi connectivity index (χ4v) is 2.08. The molecule has 7 nitrogen and oxygen atoms in total. The predicted molar refractivity (Wildman–Crippen MR) is 96.6 cm³/mol. The molecule has 0 fully saturated rings. The molecule has 2 aromatic carbocycles. The van der Waals surface area contributed by atoms with E-state index in [0.29, 0.717) is 16.1 Å². The zero-order valence-electron chi connectivity index (χ0n) is 13.8. The predicted octanol–water partition coefficient (Wildman–Crippen LogP) is 3.75. The van der Waals surface area contributed by atoms with Gasteiger partial charge in [0.1, 0.15) is 0 Å². The number of carbonyl (C=O) groups excluding carboxylic acids is 1. The molecule has 3 aromatic rings. The normalized spacial score (nSPS) is 10.6. The van der Waals surface area contributed by atoms with Crippen molar-refractivity contribution in [3.8, 4) is 5.88 Å². The van der Waals surface area contributed by atoms with Gasteiger partial charge in [0, 0.05) is 11.8 Å². The number of pyridine rings is 1. The minimum absolute atomic E-state index is 0.0688. The smallest absolute Gasteiger partial charge is 0.379 e. The Morgan fingerprint density at radius 1 is 0.923 bits per heavy atom. The van der Waals surface area contributed by atoms with Crippen LogP contribution in [0.15, 0.2) is 89.2 Å². The van der Waals surface area contributed by atoms with Crippen molar-refractivity contribution >= 4 is 23.0 Å². The molecule has 0 spiro atoms. The van der Waals surface area contributed by atoms with E-state index in [-0.39, 0.29) is 18.4 Å². The number of ether oxygens (including phenoxy) is 1. The van der Waals surface area contributed by atoms with Crippen LogP contribution in [0.3, 0.4) is 0 Å². The van der Waals surface area contributed by atoms with Gasteiger partial charge in [-0.15, -0.1) is 4.73 Å². The standard InChI is InChI=1S/C19H16N4O3/c24-18(14-26-19-8-4-5-13-23(19)25)20-15-9-11-17(12-10-15)22-21-16-6-2-1-3-7-16/h1-13H,14H2,(H,20,24). The number of nitrogens with one attached hydrogen (secondary N) is 1. The Bertz CT molecular complexity index is 896. The summed E-state index contributed by atoms with van der Waals surface area (Å²) in [5, 5.41) is 22.4. The third kappa shape index (κ3) is 4.88. The van der Waals surface area contributed by atoms with E-state index in [2.05, 4.69) is 15.5 Å². The lowest BCUT2D eigenvalue weighted by Crippen LogP contribution is -2.30. The van der Waals surface area contributed by atoms with Crippen LogP contribution in [0.4, 0.5) is 17.1 Å². The maximum atomic E-state index is 11.9. The van der Waals surface area contributed by atoms with Gasteiger partial charge in [0.05, 0.1) is 17.4 Å². The number of benzene rings is 2. The summed E-state index contributed by atoms with van der Waals surface area (Å²) >= 11 is 0. The van der Waals surface area contributed by atoms with Crippen molar-refractivity contribution < 1.29 is 14.3 Å². The molecule has 1 amide bonds. The third-order valence-electron chi connectivity index (χ3n) is 3.33. The summed E-state index contributed by atoms with van der Waals surface area (Å²) in [6.07, 6.45) is 1.30. The molecule has 1 aromatic heterocycles. The monoisotopic (exact) mass is 348 g/mol. The van der Waals surface area contributed by atoms with Crippen LogP contribution in [0.2, 0.25) is 0 Å². The molecule has 0 radical (unpaired) electrons. The highest BCUT2D eigenvalue weighted by atomic mass is 16.6. The number of nitrogens with zero attached hydrogens (tertiary/aromatic N) is 3. The number of hydrogen-bond acceptors (Lipinski definition) is 5. The average molecular weight is 348 g/mol. The molecule has 0 saturated carbocycles. The third-order valence-corrected chi connectivity index (χ3v) is 3.33. The van der Waals surface area contributed by atoms with Gasteiger partial charge in [-0.1, -0.05) is 18.2 Å². The van der Waals surface area contributed by atoms with E-state index in [1.165, 1.54) is 12.3 Å². The topological polar surface area (TPSA) is 90.0 Å². The lowest BCUT2D eigenvalue weighted by molar-refractivity contribution is -0.612. The van der Waals surface area contributed by atoms with E-state index in [0.717, 1.165) is 5.69 Å². The Balaban J connectivity index is 1.53. The fraction of sp³-hybridized carbons (Fsp3) is 0.0526. The lowest BCUT2D eigenvalue weighted by atomic mass is 10.3. The molecule has 0 aliphatic carbocycles. The Kier molecular flexibility index (Phi) is 5.51. The summed E-state index contributed by atoms with van der Waals surface area (Å²) in [7, 11) is 0. The molecule has 0 unspecified atom stereocenters. The van der Waals surface area contributed by atoms with Crippen molar-refractivity contribution in [2.75, 3.05) is 11.9 Å². The van der Waals surface area contributed by atoms with Gasteiger partial charge in [0.25, 0.3) is 5.91 Å². The first kappa shape index (κ1) is 17.1. The van der Waals surface area contributed by atoms with E-state index < -0.39 is 0 Å². The van der Waals surface area contributed by atoms with E-state index in [9.17, 15) is 10.0 Å². The van der Waals surface area contributed by atoms with Crippen LogP contribution in [-0.2, 0) is 4.79 Å². The van der Waals surface area contributed by atoms with Crippen molar-refractivity contribution in [2.24, 2.45) is 10.2 Å². The molecule has 7 heteroatoms. The minimum atomic E-state index is -0.368. The van der Waals surface area contributed by atoms with Crippen LogP contribution in [0.25, 0.3) is 0 Å². The molecule has 0 saturated heterocycles. The molecule has 0 bridgehead atoms. The van der Waals surface area contributed by atoms with Crippen LogP contribution < -0.4 is 14.8 Å². The number of amides is 1. The molecule has 0 atom stereocenters. The molecule has 1 heterocycles. The van der Waals surface area contributed by atoms with Crippen LogP contribution in [0.5, 0.6) is 5.88 Å². The van der Waals surface area contributed by atoms with Gasteiger partial charge < -0.3 is 15.3 Å². The lowest BCUT2D eigenvalue weighted by Gasteiger charge is -2.07. The van der Waals surface area contributed by atoms with Crippen LogP contribution in [-0.4, -0.2) is 12.5 Å². The zero-order chi connectivity index (χ0) is 18.2. The van der Waals surface area contributed by atoms with Gasteiger partial charge in [-0.25, -0.2) is 0 Å². The van der Waals surface area contributed by atoms with Crippen molar-refractivity contribution in [1.82, 2.24) is 0 Å². The van der Waals surface area contributed by atoms with Crippen molar-refractivity contribution in [3.63, 3.8) is 0 Å². The van der Waals surface area contributed by atoms with Crippen LogP contribution in [0.1, 0.15) is 0 Å². The first-order chi connectivity index (χ1) is 12.7. The Morgan fingerprint density at radius 2 is 1.58 bits per heavy atom. The summed E-state index contributed by atoms with van der Waals surface area (Å²) in [4.78, 5) is 11.9. The molecular formula is C19H16N4O3. The van der Waals surface area contributed by atoms with Gasteiger partial charge in [0.15, 0.2) is 12.8 Å². The number of hydrogen-bond donors (Lipinski definition) is 1.